The molecule has 10 atom stereocenters. The molecule has 3 aliphatic heterocycles. The topological polar surface area (TPSA) is 84.1 Å². The van der Waals surface area contributed by atoms with Crippen LogP contribution in [0.5, 0.6) is 0 Å². The Kier molecular flexibility index (Phi) is 5.57. The van der Waals surface area contributed by atoms with Crippen molar-refractivity contribution in [2.75, 3.05) is 6.61 Å². The maximum atomic E-state index is 11.6. The molecule has 35 heavy (non-hydrogen) atoms. The van der Waals surface area contributed by atoms with Gasteiger partial charge in [-0.3, -0.25) is 4.79 Å². The Bertz CT molecular complexity index is 862. The van der Waals surface area contributed by atoms with Crippen molar-refractivity contribution in [1.82, 2.24) is 0 Å². The Morgan fingerprint density at radius 1 is 1.14 bits per heavy atom. The molecule has 3 saturated heterocycles. The van der Waals surface area contributed by atoms with Crippen LogP contribution in [0.2, 0.25) is 0 Å². The van der Waals surface area contributed by atoms with E-state index in [2.05, 4.69) is 13.8 Å². The SMILES string of the molecule is CC(=O)O[C@H]1CC[C@@]2(CO2)[C@]2(C1)O[C@@H]2[C@H]1O[C@@]12CCC[C@]1(C)[C@@H]([C@H](C)CCCC(C)(C)O)CC[C@H]12. The molecule has 6 fully saturated rings. The average Bonchev–Trinajstić information content (AvgIpc) is 3.67. The second-order valence-corrected chi connectivity index (χ2v) is 14.0. The van der Waals surface area contributed by atoms with Crippen molar-refractivity contribution in [2.24, 2.45) is 23.2 Å². The van der Waals surface area contributed by atoms with Crippen molar-refractivity contribution in [3.63, 3.8) is 0 Å². The van der Waals surface area contributed by atoms with Crippen molar-refractivity contribution in [3.05, 3.63) is 0 Å². The molecule has 6 heteroatoms. The number of fused-ring (bicyclic) bond motifs is 3. The summed E-state index contributed by atoms with van der Waals surface area (Å²) in [6.07, 6.45) is 12.1. The van der Waals surface area contributed by atoms with E-state index in [4.69, 9.17) is 18.9 Å². The van der Waals surface area contributed by atoms with Gasteiger partial charge in [-0.1, -0.05) is 26.7 Å². The van der Waals surface area contributed by atoms with Crippen LogP contribution in [0.15, 0.2) is 0 Å². The van der Waals surface area contributed by atoms with E-state index in [0.29, 0.717) is 17.3 Å². The first-order valence-electron chi connectivity index (χ1n) is 14.3. The lowest BCUT2D eigenvalue weighted by atomic mass is 9.57. The molecule has 1 N–H and O–H groups in total. The number of carbonyl (C=O) groups excluding carboxylic acids is 1. The fourth-order valence-corrected chi connectivity index (χ4v) is 9.41. The Hall–Kier alpha value is -0.690. The van der Waals surface area contributed by atoms with Gasteiger partial charge in [0.15, 0.2) is 0 Å². The Balaban J connectivity index is 1.14. The van der Waals surface area contributed by atoms with Gasteiger partial charge in [-0.05, 0) is 88.4 Å². The number of esters is 1. The van der Waals surface area contributed by atoms with Gasteiger partial charge in [0.1, 0.15) is 35.1 Å². The smallest absolute Gasteiger partial charge is 0.302 e. The van der Waals surface area contributed by atoms with Crippen LogP contribution in [0.1, 0.15) is 105 Å². The van der Waals surface area contributed by atoms with Crippen LogP contribution >= 0.6 is 0 Å². The van der Waals surface area contributed by atoms with Crippen molar-refractivity contribution in [1.29, 1.82) is 0 Å². The Morgan fingerprint density at radius 2 is 1.91 bits per heavy atom. The first kappa shape index (κ1) is 24.6. The predicted octanol–water partition coefficient (Wildman–Crippen LogP) is 4.94. The van der Waals surface area contributed by atoms with Gasteiger partial charge in [0, 0.05) is 13.3 Å². The van der Waals surface area contributed by atoms with Gasteiger partial charge in [0.05, 0.1) is 12.2 Å². The minimum Gasteiger partial charge on any atom is -0.462 e. The molecule has 0 aromatic rings. The van der Waals surface area contributed by atoms with Crippen LogP contribution in [-0.2, 0) is 23.7 Å². The van der Waals surface area contributed by atoms with E-state index in [1.165, 1.54) is 39.0 Å². The summed E-state index contributed by atoms with van der Waals surface area (Å²) >= 11 is 0. The van der Waals surface area contributed by atoms with Crippen molar-refractivity contribution in [2.45, 2.75) is 146 Å². The maximum absolute atomic E-state index is 11.6. The summed E-state index contributed by atoms with van der Waals surface area (Å²) in [6.45, 7) is 11.1. The molecule has 0 bridgehead atoms. The fourth-order valence-electron chi connectivity index (χ4n) is 9.41. The molecule has 6 aliphatic rings. The summed E-state index contributed by atoms with van der Waals surface area (Å²) in [7, 11) is 0. The number of aliphatic hydroxyl groups is 1. The van der Waals surface area contributed by atoms with Crippen LogP contribution in [0, 0.1) is 23.2 Å². The molecule has 0 radical (unpaired) electrons. The number of carbonyl (C=O) groups is 1. The van der Waals surface area contributed by atoms with E-state index in [9.17, 15) is 9.90 Å². The lowest BCUT2D eigenvalue weighted by Gasteiger charge is -2.46. The normalized spacial score (nSPS) is 50.9. The van der Waals surface area contributed by atoms with E-state index in [1.807, 2.05) is 13.8 Å². The van der Waals surface area contributed by atoms with Gasteiger partial charge in [0.2, 0.25) is 0 Å². The van der Waals surface area contributed by atoms with Gasteiger partial charge in [0.25, 0.3) is 0 Å². The minimum absolute atomic E-state index is 0.0345. The molecule has 3 heterocycles. The van der Waals surface area contributed by atoms with E-state index in [1.54, 1.807) is 0 Å². The summed E-state index contributed by atoms with van der Waals surface area (Å²) in [4.78, 5) is 11.6. The number of hydrogen-bond donors (Lipinski definition) is 1. The summed E-state index contributed by atoms with van der Waals surface area (Å²) in [6, 6.07) is 0. The van der Waals surface area contributed by atoms with Crippen molar-refractivity contribution in [3.8, 4) is 0 Å². The number of rotatable bonds is 7. The third kappa shape index (κ3) is 3.83. The second-order valence-electron chi connectivity index (χ2n) is 14.0. The van der Waals surface area contributed by atoms with Crippen molar-refractivity contribution < 1.29 is 28.8 Å². The molecule has 3 saturated carbocycles. The van der Waals surface area contributed by atoms with E-state index >= 15 is 0 Å². The van der Waals surface area contributed by atoms with Crippen molar-refractivity contribution >= 4 is 5.97 Å². The standard InChI is InChI=1S/C29H46O6/c1-18(8-6-12-25(3,4)31)21-9-10-22-26(21,5)13-7-14-28(22)23(34-28)24-29(35-24)16-20(33-19(2)30)11-15-27(29)17-32-27/h18,20-24,31H,6-17H2,1-5H3/t18-,20+,21-,22-,23-,24-,26-,27-,28-,29-/m1/s1. The second kappa shape index (κ2) is 7.91. The van der Waals surface area contributed by atoms with E-state index < -0.39 is 5.60 Å². The molecule has 0 aromatic heterocycles. The monoisotopic (exact) mass is 490 g/mol. The number of hydrogen-bond acceptors (Lipinski definition) is 6. The highest BCUT2D eigenvalue weighted by molar-refractivity contribution is 5.66. The first-order chi connectivity index (χ1) is 16.4. The summed E-state index contributed by atoms with van der Waals surface area (Å²) in [5.41, 5.74) is -0.776. The molecular weight excluding hydrogens is 444 g/mol. The number of epoxide rings is 3. The maximum Gasteiger partial charge on any atom is 0.302 e. The molecule has 3 aliphatic carbocycles. The fraction of sp³-hybridized carbons (Fsp3) is 0.966. The molecule has 6 rings (SSSR count). The quantitative estimate of drug-likeness (QED) is 0.402. The zero-order valence-electron chi connectivity index (χ0n) is 22.4. The highest BCUT2D eigenvalue weighted by Crippen LogP contribution is 2.72. The van der Waals surface area contributed by atoms with E-state index in [0.717, 1.165) is 51.0 Å². The predicted molar refractivity (Wildman–Crippen MR) is 131 cm³/mol. The molecule has 0 aromatic carbocycles. The first-order valence-corrected chi connectivity index (χ1v) is 14.3. The van der Waals surface area contributed by atoms with E-state index in [-0.39, 0.29) is 41.1 Å². The average molecular weight is 491 g/mol. The van der Waals surface area contributed by atoms with Gasteiger partial charge in [-0.25, -0.2) is 0 Å². The van der Waals surface area contributed by atoms with Gasteiger partial charge in [-0.15, -0.1) is 0 Å². The van der Waals surface area contributed by atoms with Crippen LogP contribution in [-0.4, -0.2) is 58.4 Å². The lowest BCUT2D eigenvalue weighted by Crippen LogP contribution is -2.48. The molecule has 0 amide bonds. The highest BCUT2D eigenvalue weighted by atomic mass is 16.7. The molecule has 0 unspecified atom stereocenters. The summed E-state index contributed by atoms with van der Waals surface area (Å²) < 4.78 is 25.0. The minimum atomic E-state index is -0.567. The summed E-state index contributed by atoms with van der Waals surface area (Å²) in [5.74, 6) is 1.80. The van der Waals surface area contributed by atoms with Crippen LogP contribution in [0.4, 0.5) is 0 Å². The zero-order valence-corrected chi connectivity index (χ0v) is 22.4. The Morgan fingerprint density at radius 3 is 2.60 bits per heavy atom. The number of ether oxygens (including phenoxy) is 4. The Labute approximate surface area is 210 Å². The van der Waals surface area contributed by atoms with Gasteiger partial charge in [-0.2, -0.15) is 0 Å². The lowest BCUT2D eigenvalue weighted by molar-refractivity contribution is -0.150. The third-order valence-electron chi connectivity index (χ3n) is 11.2. The van der Waals surface area contributed by atoms with Crippen LogP contribution < -0.4 is 0 Å². The molecule has 198 valence electrons. The van der Waals surface area contributed by atoms with Crippen LogP contribution in [0.3, 0.4) is 0 Å². The van der Waals surface area contributed by atoms with Gasteiger partial charge < -0.3 is 24.1 Å². The third-order valence-corrected chi connectivity index (χ3v) is 11.2. The largest absolute Gasteiger partial charge is 0.462 e. The molecular formula is C29H46O6. The highest BCUT2D eigenvalue weighted by Gasteiger charge is 2.85. The molecule has 6 nitrogen and oxygen atoms in total. The zero-order chi connectivity index (χ0) is 24.9. The van der Waals surface area contributed by atoms with Crippen LogP contribution in [0.25, 0.3) is 0 Å². The summed E-state index contributed by atoms with van der Waals surface area (Å²) in [5, 5.41) is 10.1. The van der Waals surface area contributed by atoms with Gasteiger partial charge >= 0.3 is 5.97 Å². The molecule has 3 spiro atoms.